The topological polar surface area (TPSA) is 105 Å². The van der Waals surface area contributed by atoms with Crippen LogP contribution < -0.4 is 10.6 Å². The predicted octanol–water partition coefficient (Wildman–Crippen LogP) is 4.29. The maximum Gasteiger partial charge on any atom is 0.158 e. The lowest BCUT2D eigenvalue weighted by molar-refractivity contribution is 0.0976. The SMILES string of the molecule is C[C@H]1CC2(CCN(c3cnc(Sc4cccc(S(C)(=N)=O)c4Cl)c(N)n3)CC2)CO1. The number of anilines is 2. The molecule has 162 valence electrons. The van der Waals surface area contributed by atoms with E-state index >= 15 is 0 Å². The quantitative estimate of drug-likeness (QED) is 0.690. The van der Waals surface area contributed by atoms with Gasteiger partial charge in [0.1, 0.15) is 10.8 Å². The Kier molecular flexibility index (Phi) is 5.91. The number of piperidine rings is 1. The van der Waals surface area contributed by atoms with Crippen molar-refractivity contribution >= 4 is 44.7 Å². The summed E-state index contributed by atoms with van der Waals surface area (Å²) in [6.45, 7) is 4.83. The first-order chi connectivity index (χ1) is 14.2. The maximum atomic E-state index is 12.1. The number of rotatable bonds is 4. The van der Waals surface area contributed by atoms with E-state index in [1.54, 1.807) is 24.4 Å². The van der Waals surface area contributed by atoms with Crippen molar-refractivity contribution in [3.8, 4) is 0 Å². The second kappa shape index (κ2) is 8.18. The summed E-state index contributed by atoms with van der Waals surface area (Å²) in [4.78, 5) is 12.3. The summed E-state index contributed by atoms with van der Waals surface area (Å²) in [6.07, 6.45) is 6.75. The van der Waals surface area contributed by atoms with Crippen molar-refractivity contribution in [3.05, 3.63) is 29.4 Å². The fourth-order valence-corrected chi connectivity index (χ4v) is 6.54. The molecule has 2 aromatic rings. The molecule has 0 bridgehead atoms. The molecule has 0 radical (unpaired) electrons. The molecule has 10 heteroatoms. The first-order valence-corrected chi connectivity index (χ1v) is 13.0. The van der Waals surface area contributed by atoms with E-state index in [0.717, 1.165) is 44.8 Å². The van der Waals surface area contributed by atoms with Crippen molar-refractivity contribution in [2.24, 2.45) is 5.41 Å². The van der Waals surface area contributed by atoms with Crippen molar-refractivity contribution in [3.63, 3.8) is 0 Å². The molecule has 1 aromatic carbocycles. The minimum Gasteiger partial charge on any atom is -0.381 e. The Morgan fingerprint density at radius 3 is 2.73 bits per heavy atom. The van der Waals surface area contributed by atoms with Gasteiger partial charge in [0.2, 0.25) is 0 Å². The first-order valence-electron chi connectivity index (χ1n) is 9.86. The molecule has 0 aliphatic carbocycles. The number of hydrogen-bond acceptors (Lipinski definition) is 8. The summed E-state index contributed by atoms with van der Waals surface area (Å²) >= 11 is 7.66. The molecule has 3 heterocycles. The highest BCUT2D eigenvalue weighted by molar-refractivity contribution is 7.99. The molecule has 2 saturated heterocycles. The van der Waals surface area contributed by atoms with Gasteiger partial charge in [-0.25, -0.2) is 19.0 Å². The largest absolute Gasteiger partial charge is 0.381 e. The lowest BCUT2D eigenvalue weighted by Gasteiger charge is -2.38. The van der Waals surface area contributed by atoms with Crippen LogP contribution in [0.2, 0.25) is 5.02 Å². The third kappa shape index (κ3) is 4.39. The fourth-order valence-electron chi connectivity index (χ4n) is 4.19. The second-order valence-electron chi connectivity index (χ2n) is 8.25. The number of nitrogen functional groups attached to an aromatic ring is 1. The fraction of sp³-hybridized carbons (Fsp3) is 0.500. The number of halogens is 1. The van der Waals surface area contributed by atoms with E-state index in [1.807, 2.05) is 0 Å². The van der Waals surface area contributed by atoms with Gasteiger partial charge in [-0.2, -0.15) is 0 Å². The number of hydrogen-bond donors (Lipinski definition) is 2. The van der Waals surface area contributed by atoms with Crippen LogP contribution in [-0.2, 0) is 14.5 Å². The van der Waals surface area contributed by atoms with E-state index in [9.17, 15) is 4.21 Å². The maximum absolute atomic E-state index is 12.1. The summed E-state index contributed by atoms with van der Waals surface area (Å²) in [5.74, 6) is 1.11. The number of aromatic nitrogens is 2. The summed E-state index contributed by atoms with van der Waals surface area (Å²) in [5.41, 5.74) is 6.51. The van der Waals surface area contributed by atoms with Crippen molar-refractivity contribution in [2.45, 2.75) is 47.1 Å². The average Bonchev–Trinajstić information content (AvgIpc) is 3.04. The smallest absolute Gasteiger partial charge is 0.158 e. The average molecular weight is 468 g/mol. The molecule has 1 unspecified atom stereocenters. The van der Waals surface area contributed by atoms with E-state index < -0.39 is 9.73 Å². The van der Waals surface area contributed by atoms with Crippen LogP contribution in [0.1, 0.15) is 26.2 Å². The third-order valence-corrected chi connectivity index (χ3v) is 8.73. The summed E-state index contributed by atoms with van der Waals surface area (Å²) in [6, 6.07) is 5.14. The van der Waals surface area contributed by atoms with E-state index in [-0.39, 0.29) is 0 Å². The van der Waals surface area contributed by atoms with Gasteiger partial charge in [0.05, 0.1) is 38.6 Å². The molecule has 2 aliphatic heterocycles. The van der Waals surface area contributed by atoms with E-state index in [0.29, 0.717) is 37.2 Å². The molecule has 3 N–H and O–H groups in total. The molecule has 2 aliphatic rings. The lowest BCUT2D eigenvalue weighted by atomic mass is 9.77. The Bertz CT molecular complexity index is 1060. The highest BCUT2D eigenvalue weighted by Gasteiger charge is 2.41. The normalized spacial score (nSPS) is 22.9. The van der Waals surface area contributed by atoms with Gasteiger partial charge in [0.25, 0.3) is 0 Å². The minimum atomic E-state index is -2.92. The molecule has 4 rings (SSSR count). The molecule has 0 amide bonds. The zero-order valence-corrected chi connectivity index (χ0v) is 19.4. The Morgan fingerprint density at radius 1 is 1.40 bits per heavy atom. The van der Waals surface area contributed by atoms with Gasteiger partial charge in [-0.3, -0.25) is 0 Å². The van der Waals surface area contributed by atoms with Crippen LogP contribution in [-0.4, -0.2) is 46.2 Å². The molecule has 0 saturated carbocycles. The van der Waals surface area contributed by atoms with Gasteiger partial charge >= 0.3 is 0 Å². The molecule has 1 aromatic heterocycles. The first kappa shape index (κ1) is 21.7. The molecule has 2 atom stereocenters. The number of nitrogens with two attached hydrogens (primary N) is 1. The Balaban J connectivity index is 1.48. The van der Waals surface area contributed by atoms with Crippen LogP contribution in [0.3, 0.4) is 0 Å². The Labute approximate surface area is 186 Å². The molecule has 2 fully saturated rings. The van der Waals surface area contributed by atoms with Crippen LogP contribution in [0.5, 0.6) is 0 Å². The predicted molar refractivity (Wildman–Crippen MR) is 121 cm³/mol. The molecule has 7 nitrogen and oxygen atoms in total. The van der Waals surface area contributed by atoms with E-state index in [2.05, 4.69) is 21.8 Å². The number of benzene rings is 1. The van der Waals surface area contributed by atoms with Crippen molar-refractivity contribution < 1.29 is 8.95 Å². The van der Waals surface area contributed by atoms with Crippen molar-refractivity contribution in [2.75, 3.05) is 36.6 Å². The number of nitrogens with one attached hydrogen (secondary N) is 1. The van der Waals surface area contributed by atoms with Crippen molar-refractivity contribution in [1.82, 2.24) is 9.97 Å². The van der Waals surface area contributed by atoms with E-state index in [4.69, 9.17) is 26.9 Å². The second-order valence-corrected chi connectivity index (χ2v) is 11.8. The number of ether oxygens (including phenoxy) is 1. The molecule has 30 heavy (non-hydrogen) atoms. The zero-order valence-electron chi connectivity index (χ0n) is 17.1. The van der Waals surface area contributed by atoms with Gasteiger partial charge in [-0.15, -0.1) is 0 Å². The Hall–Kier alpha value is -1.55. The van der Waals surface area contributed by atoms with Gasteiger partial charge in [0.15, 0.2) is 5.82 Å². The third-order valence-electron chi connectivity index (χ3n) is 5.85. The van der Waals surface area contributed by atoms with Crippen LogP contribution in [0.4, 0.5) is 11.6 Å². The van der Waals surface area contributed by atoms with Crippen LogP contribution in [0.15, 0.2) is 39.2 Å². The van der Waals surface area contributed by atoms with Crippen LogP contribution >= 0.6 is 23.4 Å². The zero-order chi connectivity index (χ0) is 21.5. The molecular formula is C20H26ClN5O2S2. The summed E-state index contributed by atoms with van der Waals surface area (Å²) in [7, 11) is -2.92. The Morgan fingerprint density at radius 2 is 2.13 bits per heavy atom. The molecular weight excluding hydrogens is 442 g/mol. The van der Waals surface area contributed by atoms with Gasteiger partial charge < -0.3 is 15.4 Å². The molecule has 1 spiro atoms. The standard InChI is InChI=1S/C20H26ClN5O2S2/c1-13-10-20(12-28-13)6-8-26(9-7-20)16-11-24-19(18(22)25-16)29-14-4-3-5-15(17(14)21)30(2,23)27/h3-5,11,13,23H,6-10,12H2,1-2H3,(H2,22,25)/t13-,30?/m0/s1. The lowest BCUT2D eigenvalue weighted by Crippen LogP contribution is -2.41. The van der Waals surface area contributed by atoms with Gasteiger partial charge in [0, 0.05) is 24.2 Å². The summed E-state index contributed by atoms with van der Waals surface area (Å²) in [5, 5.41) is 0.835. The van der Waals surface area contributed by atoms with Gasteiger partial charge in [-0.1, -0.05) is 29.4 Å². The highest BCUT2D eigenvalue weighted by Crippen LogP contribution is 2.43. The van der Waals surface area contributed by atoms with E-state index in [1.165, 1.54) is 18.0 Å². The number of nitrogens with zero attached hydrogens (tertiary/aromatic N) is 3. The monoisotopic (exact) mass is 467 g/mol. The van der Waals surface area contributed by atoms with Crippen molar-refractivity contribution in [1.29, 1.82) is 4.78 Å². The van der Waals surface area contributed by atoms with Crippen LogP contribution in [0.25, 0.3) is 0 Å². The van der Waals surface area contributed by atoms with Crippen LogP contribution in [0, 0.1) is 10.2 Å². The van der Waals surface area contributed by atoms with Gasteiger partial charge in [-0.05, 0) is 43.7 Å². The highest BCUT2D eigenvalue weighted by atomic mass is 35.5. The summed E-state index contributed by atoms with van der Waals surface area (Å²) < 4.78 is 25.7. The minimum absolute atomic E-state index is 0.296.